The van der Waals surface area contributed by atoms with Crippen LogP contribution in [0.2, 0.25) is 0 Å². The first kappa shape index (κ1) is 15.4. The van der Waals surface area contributed by atoms with E-state index in [1.165, 1.54) is 12.1 Å². The summed E-state index contributed by atoms with van der Waals surface area (Å²) in [6.07, 6.45) is -0.374. The summed E-state index contributed by atoms with van der Waals surface area (Å²) in [5.41, 5.74) is 0.108. The van der Waals surface area contributed by atoms with Crippen molar-refractivity contribution < 1.29 is 14.3 Å². The van der Waals surface area contributed by atoms with E-state index in [4.69, 9.17) is 0 Å². The quantitative estimate of drug-likeness (QED) is 0.908. The lowest BCUT2D eigenvalue weighted by Crippen LogP contribution is -2.50. The van der Waals surface area contributed by atoms with Gasteiger partial charge in [0.2, 0.25) is 0 Å². The lowest BCUT2D eigenvalue weighted by atomic mass is 10.1. The molecule has 1 fully saturated rings. The molecular weight excluding hydrogens is 327 g/mol. The smallest absolute Gasteiger partial charge is 0.256 e. The average molecular weight is 345 g/mol. The maximum atomic E-state index is 13.8. The largest absolute Gasteiger partial charge is 0.392 e. The van der Waals surface area contributed by atoms with E-state index >= 15 is 0 Å². The number of halogens is 2. The van der Waals surface area contributed by atoms with Gasteiger partial charge >= 0.3 is 0 Å². The Bertz CT molecular complexity index is 488. The minimum atomic E-state index is -0.504. The molecule has 0 saturated carbocycles. The Balaban J connectivity index is 1.98. The summed E-state index contributed by atoms with van der Waals surface area (Å²) in [4.78, 5) is 16.0. The van der Waals surface area contributed by atoms with Gasteiger partial charge in [0.05, 0.1) is 11.7 Å². The van der Waals surface area contributed by atoms with Gasteiger partial charge < -0.3 is 10.0 Å². The Labute approximate surface area is 126 Å². The molecule has 0 aromatic heterocycles. The predicted molar refractivity (Wildman–Crippen MR) is 78.1 cm³/mol. The third-order valence-corrected chi connectivity index (χ3v) is 3.84. The van der Waals surface area contributed by atoms with Gasteiger partial charge in [-0.15, -0.1) is 0 Å². The van der Waals surface area contributed by atoms with E-state index in [0.717, 1.165) is 0 Å². The number of rotatable bonds is 3. The third kappa shape index (κ3) is 3.77. The van der Waals surface area contributed by atoms with Crippen molar-refractivity contribution in [2.24, 2.45) is 0 Å². The molecule has 1 aromatic rings. The second-order valence-electron chi connectivity index (χ2n) is 5.07. The van der Waals surface area contributed by atoms with E-state index in [-0.39, 0.29) is 17.6 Å². The van der Waals surface area contributed by atoms with Crippen LogP contribution in [0.15, 0.2) is 22.7 Å². The number of piperazine rings is 1. The lowest BCUT2D eigenvalue weighted by Gasteiger charge is -2.35. The molecule has 2 rings (SSSR count). The highest BCUT2D eigenvalue weighted by Gasteiger charge is 2.24. The van der Waals surface area contributed by atoms with Gasteiger partial charge in [-0.05, 0) is 25.1 Å². The molecule has 0 radical (unpaired) electrons. The van der Waals surface area contributed by atoms with Crippen molar-refractivity contribution in [3.8, 4) is 0 Å². The van der Waals surface area contributed by atoms with Gasteiger partial charge in [-0.1, -0.05) is 15.9 Å². The first-order valence-corrected chi connectivity index (χ1v) is 7.41. The number of carbonyl (C=O) groups excluding carboxylic acids is 1. The molecular formula is C14H18BrFN2O2. The second-order valence-corrected chi connectivity index (χ2v) is 5.98. The minimum absolute atomic E-state index is 0.108. The Hall–Kier alpha value is -0.980. The van der Waals surface area contributed by atoms with Crippen LogP contribution in [0, 0.1) is 5.82 Å². The van der Waals surface area contributed by atoms with Gasteiger partial charge in [0, 0.05) is 37.2 Å². The third-order valence-electron chi connectivity index (χ3n) is 3.34. The van der Waals surface area contributed by atoms with Crippen LogP contribution in [-0.4, -0.2) is 59.6 Å². The summed E-state index contributed by atoms with van der Waals surface area (Å²) in [5, 5.41) is 9.34. The number of benzene rings is 1. The molecule has 20 heavy (non-hydrogen) atoms. The lowest BCUT2D eigenvalue weighted by molar-refractivity contribution is 0.0550. The molecule has 1 atom stereocenters. The zero-order valence-corrected chi connectivity index (χ0v) is 12.9. The molecule has 1 aromatic carbocycles. The van der Waals surface area contributed by atoms with Crippen molar-refractivity contribution in [3.63, 3.8) is 0 Å². The van der Waals surface area contributed by atoms with Crippen LogP contribution < -0.4 is 0 Å². The topological polar surface area (TPSA) is 43.8 Å². The van der Waals surface area contributed by atoms with Crippen LogP contribution in [0.25, 0.3) is 0 Å². The Morgan fingerprint density at radius 3 is 2.60 bits per heavy atom. The molecule has 0 unspecified atom stereocenters. The fraction of sp³-hybridized carbons (Fsp3) is 0.500. The van der Waals surface area contributed by atoms with E-state index in [2.05, 4.69) is 20.8 Å². The Kier molecular flexibility index (Phi) is 5.12. The predicted octanol–water partition coefficient (Wildman–Crippen LogP) is 1.73. The number of carbonyl (C=O) groups is 1. The van der Waals surface area contributed by atoms with Crippen molar-refractivity contribution in [1.82, 2.24) is 9.80 Å². The summed E-state index contributed by atoms with van der Waals surface area (Å²) in [5.74, 6) is -0.775. The average Bonchev–Trinajstić information content (AvgIpc) is 2.38. The molecule has 0 spiro atoms. The second kappa shape index (κ2) is 6.65. The minimum Gasteiger partial charge on any atom is -0.392 e. The molecule has 1 aliphatic rings. The summed E-state index contributed by atoms with van der Waals surface area (Å²) in [6, 6.07) is 4.47. The zero-order valence-electron chi connectivity index (χ0n) is 11.4. The van der Waals surface area contributed by atoms with E-state index < -0.39 is 5.82 Å². The van der Waals surface area contributed by atoms with E-state index in [0.29, 0.717) is 37.2 Å². The number of aliphatic hydroxyl groups is 1. The molecule has 1 saturated heterocycles. The van der Waals surface area contributed by atoms with Gasteiger partial charge in [-0.3, -0.25) is 9.69 Å². The zero-order chi connectivity index (χ0) is 14.7. The van der Waals surface area contributed by atoms with Crippen LogP contribution in [0.1, 0.15) is 17.3 Å². The molecule has 0 bridgehead atoms. The number of amides is 1. The molecule has 1 amide bonds. The maximum absolute atomic E-state index is 13.8. The van der Waals surface area contributed by atoms with Gasteiger partial charge in [0.15, 0.2) is 0 Å². The fourth-order valence-electron chi connectivity index (χ4n) is 2.34. The summed E-state index contributed by atoms with van der Waals surface area (Å²) >= 11 is 3.18. The van der Waals surface area contributed by atoms with Gasteiger partial charge in [-0.25, -0.2) is 4.39 Å². The summed E-state index contributed by atoms with van der Waals surface area (Å²) < 4.78 is 14.4. The van der Waals surface area contributed by atoms with E-state index in [1.807, 2.05) is 0 Å². The molecule has 110 valence electrons. The van der Waals surface area contributed by atoms with E-state index in [1.54, 1.807) is 17.9 Å². The van der Waals surface area contributed by atoms with Crippen molar-refractivity contribution in [2.75, 3.05) is 32.7 Å². The SMILES string of the molecule is C[C@@H](O)CN1CCN(C(=O)c2ccc(Br)cc2F)CC1. The van der Waals surface area contributed by atoms with Crippen LogP contribution in [0.5, 0.6) is 0 Å². The van der Waals surface area contributed by atoms with Gasteiger partial charge in [-0.2, -0.15) is 0 Å². The van der Waals surface area contributed by atoms with Crippen molar-refractivity contribution >= 4 is 21.8 Å². The highest BCUT2D eigenvalue weighted by atomic mass is 79.9. The standard InChI is InChI=1S/C14H18BrFN2O2/c1-10(19)9-17-4-6-18(7-5-17)14(20)12-3-2-11(15)8-13(12)16/h2-3,8,10,19H,4-7,9H2,1H3/t10-/m1/s1. The molecule has 6 heteroatoms. The van der Waals surface area contributed by atoms with Crippen molar-refractivity contribution in [2.45, 2.75) is 13.0 Å². The van der Waals surface area contributed by atoms with Crippen LogP contribution in [-0.2, 0) is 0 Å². The number of hydrogen-bond acceptors (Lipinski definition) is 3. The maximum Gasteiger partial charge on any atom is 0.256 e. The first-order valence-electron chi connectivity index (χ1n) is 6.62. The summed E-state index contributed by atoms with van der Waals surface area (Å²) in [6.45, 7) is 4.87. The van der Waals surface area contributed by atoms with Gasteiger partial charge in [0.1, 0.15) is 5.82 Å². The number of nitrogens with zero attached hydrogens (tertiary/aromatic N) is 2. The molecule has 1 heterocycles. The monoisotopic (exact) mass is 344 g/mol. The van der Waals surface area contributed by atoms with Crippen LogP contribution in [0.3, 0.4) is 0 Å². The number of β-amino-alcohol motifs (C(OH)–C–C–N with tert-alkyl or cyclic N) is 1. The molecule has 0 aliphatic carbocycles. The van der Waals surface area contributed by atoms with Crippen molar-refractivity contribution in [1.29, 1.82) is 0 Å². The fourth-order valence-corrected chi connectivity index (χ4v) is 2.67. The highest BCUT2D eigenvalue weighted by Crippen LogP contribution is 2.17. The molecule has 4 nitrogen and oxygen atoms in total. The van der Waals surface area contributed by atoms with Crippen molar-refractivity contribution in [3.05, 3.63) is 34.1 Å². The number of hydrogen-bond donors (Lipinski definition) is 1. The number of aliphatic hydroxyl groups excluding tert-OH is 1. The van der Waals surface area contributed by atoms with Crippen LogP contribution >= 0.6 is 15.9 Å². The van der Waals surface area contributed by atoms with Gasteiger partial charge in [0.25, 0.3) is 5.91 Å². The Morgan fingerprint density at radius 1 is 1.40 bits per heavy atom. The molecule has 1 N–H and O–H groups in total. The summed E-state index contributed by atoms with van der Waals surface area (Å²) in [7, 11) is 0. The molecule has 1 aliphatic heterocycles. The Morgan fingerprint density at radius 2 is 2.05 bits per heavy atom. The first-order chi connectivity index (χ1) is 9.47. The van der Waals surface area contributed by atoms with E-state index in [9.17, 15) is 14.3 Å². The highest BCUT2D eigenvalue weighted by molar-refractivity contribution is 9.10. The van der Waals surface area contributed by atoms with Crippen LogP contribution in [0.4, 0.5) is 4.39 Å². The normalized spacial score (nSPS) is 18.1.